The lowest BCUT2D eigenvalue weighted by atomic mass is 10.0. The summed E-state index contributed by atoms with van der Waals surface area (Å²) in [5.41, 5.74) is 5.78. The topological polar surface area (TPSA) is 38.5 Å². The molecule has 2 N–H and O–H groups in total. The number of likely N-dealkylation sites (N-methyl/N-ethyl adjacent to an activating group) is 1. The highest BCUT2D eigenvalue weighted by atomic mass is 19.2. The molecule has 6 heteroatoms. The van der Waals surface area contributed by atoms with E-state index in [-0.39, 0.29) is 18.2 Å². The molecule has 1 heterocycles. The second kappa shape index (κ2) is 7.24. The van der Waals surface area contributed by atoms with E-state index in [0.29, 0.717) is 12.6 Å². The second-order valence-corrected chi connectivity index (χ2v) is 5.47. The fourth-order valence-corrected chi connectivity index (χ4v) is 2.74. The molecule has 1 saturated heterocycles. The summed E-state index contributed by atoms with van der Waals surface area (Å²) in [6.07, 6.45) is 3.18. The molecule has 1 fully saturated rings. The molecule has 118 valence electrons. The van der Waals surface area contributed by atoms with Crippen molar-refractivity contribution in [1.29, 1.82) is 0 Å². The first-order valence-corrected chi connectivity index (χ1v) is 7.19. The fourth-order valence-electron chi connectivity index (χ4n) is 2.74. The van der Waals surface area contributed by atoms with Crippen molar-refractivity contribution in [3.05, 3.63) is 35.1 Å². The lowest BCUT2D eigenvalue weighted by Gasteiger charge is -2.32. The number of nitrogens with two attached hydrogens (primary N) is 1. The number of benzene rings is 1. The van der Waals surface area contributed by atoms with Gasteiger partial charge < -0.3 is 10.5 Å². The minimum atomic E-state index is -1.19. The number of rotatable bonds is 5. The van der Waals surface area contributed by atoms with E-state index in [2.05, 4.69) is 0 Å². The first-order chi connectivity index (χ1) is 10.0. The van der Waals surface area contributed by atoms with E-state index in [1.165, 1.54) is 0 Å². The van der Waals surface area contributed by atoms with Crippen LogP contribution in [0.5, 0.6) is 0 Å². The normalized spacial score (nSPS) is 20.8. The van der Waals surface area contributed by atoms with E-state index in [1.54, 1.807) is 7.05 Å². The molecule has 1 aliphatic heterocycles. The average Bonchev–Trinajstić information content (AvgIpc) is 2.46. The Morgan fingerprint density at radius 2 is 1.95 bits per heavy atom. The molecule has 2 unspecified atom stereocenters. The van der Waals surface area contributed by atoms with E-state index in [4.69, 9.17) is 10.5 Å². The minimum absolute atomic E-state index is 0.0751. The molecular weight excluding hydrogens is 281 g/mol. The minimum Gasteiger partial charge on any atom is -0.377 e. The third-order valence-corrected chi connectivity index (χ3v) is 3.92. The van der Waals surface area contributed by atoms with Gasteiger partial charge in [0.25, 0.3) is 0 Å². The molecule has 1 aromatic rings. The van der Waals surface area contributed by atoms with Gasteiger partial charge in [0.2, 0.25) is 0 Å². The SMILES string of the molecule is CN(CC1CCCCO1)C(CN)c1cc(F)c(F)cc1F. The molecule has 3 nitrogen and oxygen atoms in total. The Labute approximate surface area is 122 Å². The van der Waals surface area contributed by atoms with Gasteiger partial charge in [0.1, 0.15) is 5.82 Å². The van der Waals surface area contributed by atoms with Crippen LogP contribution >= 0.6 is 0 Å². The number of hydrogen-bond donors (Lipinski definition) is 1. The van der Waals surface area contributed by atoms with Crippen molar-refractivity contribution in [3.8, 4) is 0 Å². The van der Waals surface area contributed by atoms with Crippen molar-refractivity contribution >= 4 is 0 Å². The highest BCUT2D eigenvalue weighted by molar-refractivity contribution is 5.24. The van der Waals surface area contributed by atoms with Crippen LogP contribution in [-0.4, -0.2) is 37.7 Å². The van der Waals surface area contributed by atoms with Gasteiger partial charge in [-0.25, -0.2) is 13.2 Å². The zero-order valence-electron chi connectivity index (χ0n) is 12.1. The third-order valence-electron chi connectivity index (χ3n) is 3.92. The van der Waals surface area contributed by atoms with Gasteiger partial charge in [0.05, 0.1) is 6.10 Å². The maximum absolute atomic E-state index is 13.9. The Bertz CT molecular complexity index is 478. The van der Waals surface area contributed by atoms with Crippen LogP contribution in [0.25, 0.3) is 0 Å². The van der Waals surface area contributed by atoms with Gasteiger partial charge >= 0.3 is 0 Å². The van der Waals surface area contributed by atoms with Crippen LogP contribution < -0.4 is 5.73 Å². The highest BCUT2D eigenvalue weighted by Gasteiger charge is 2.24. The zero-order valence-corrected chi connectivity index (χ0v) is 12.1. The van der Waals surface area contributed by atoms with E-state index in [1.807, 2.05) is 4.90 Å². The lowest BCUT2D eigenvalue weighted by Crippen LogP contribution is -2.38. The van der Waals surface area contributed by atoms with E-state index >= 15 is 0 Å². The van der Waals surface area contributed by atoms with Crippen molar-refractivity contribution < 1.29 is 17.9 Å². The molecule has 0 bridgehead atoms. The maximum Gasteiger partial charge on any atom is 0.161 e. The molecule has 0 aliphatic carbocycles. The van der Waals surface area contributed by atoms with Crippen molar-refractivity contribution in [3.63, 3.8) is 0 Å². The Balaban J connectivity index is 2.12. The smallest absolute Gasteiger partial charge is 0.161 e. The molecule has 2 atom stereocenters. The van der Waals surface area contributed by atoms with E-state index in [0.717, 1.165) is 31.9 Å². The molecule has 0 amide bonds. The van der Waals surface area contributed by atoms with Crippen molar-refractivity contribution in [2.75, 3.05) is 26.7 Å². The Hall–Kier alpha value is -1.11. The van der Waals surface area contributed by atoms with E-state index in [9.17, 15) is 13.2 Å². The molecule has 21 heavy (non-hydrogen) atoms. The van der Waals surface area contributed by atoms with Gasteiger partial charge in [-0.05, 0) is 32.4 Å². The van der Waals surface area contributed by atoms with Crippen molar-refractivity contribution in [2.45, 2.75) is 31.4 Å². The Kier molecular flexibility index (Phi) is 5.61. The zero-order chi connectivity index (χ0) is 15.4. The third kappa shape index (κ3) is 3.96. The molecule has 0 radical (unpaired) electrons. The Morgan fingerprint density at radius 1 is 1.24 bits per heavy atom. The van der Waals surface area contributed by atoms with Crippen LogP contribution in [-0.2, 0) is 4.74 Å². The van der Waals surface area contributed by atoms with Gasteiger partial charge in [-0.15, -0.1) is 0 Å². The van der Waals surface area contributed by atoms with Crippen LogP contribution in [0.4, 0.5) is 13.2 Å². The Morgan fingerprint density at radius 3 is 2.57 bits per heavy atom. The first kappa shape index (κ1) is 16.3. The van der Waals surface area contributed by atoms with E-state index < -0.39 is 23.5 Å². The number of hydrogen-bond acceptors (Lipinski definition) is 3. The maximum atomic E-state index is 13.9. The number of nitrogens with zero attached hydrogens (tertiary/aromatic N) is 1. The summed E-state index contributed by atoms with van der Waals surface area (Å²) in [5, 5.41) is 0. The molecule has 0 aromatic heterocycles. The molecular formula is C15H21F3N2O. The van der Waals surface area contributed by atoms with Gasteiger partial charge in [0, 0.05) is 37.4 Å². The predicted molar refractivity (Wildman–Crippen MR) is 74.3 cm³/mol. The van der Waals surface area contributed by atoms with Crippen molar-refractivity contribution in [1.82, 2.24) is 4.90 Å². The molecule has 2 rings (SSSR count). The fraction of sp³-hybridized carbons (Fsp3) is 0.600. The van der Waals surface area contributed by atoms with Gasteiger partial charge in [-0.2, -0.15) is 0 Å². The molecule has 1 aromatic carbocycles. The summed E-state index contributed by atoms with van der Waals surface area (Å²) in [7, 11) is 1.79. The lowest BCUT2D eigenvalue weighted by molar-refractivity contribution is -0.00802. The summed E-state index contributed by atoms with van der Waals surface area (Å²) in [6, 6.07) is 0.948. The van der Waals surface area contributed by atoms with Gasteiger partial charge in [0.15, 0.2) is 11.6 Å². The monoisotopic (exact) mass is 302 g/mol. The van der Waals surface area contributed by atoms with Crippen LogP contribution in [0.15, 0.2) is 12.1 Å². The van der Waals surface area contributed by atoms with Gasteiger partial charge in [-0.1, -0.05) is 0 Å². The summed E-state index contributed by atoms with van der Waals surface area (Å²) >= 11 is 0. The summed E-state index contributed by atoms with van der Waals surface area (Å²) < 4.78 is 45.9. The quantitative estimate of drug-likeness (QED) is 0.850. The molecule has 0 spiro atoms. The average molecular weight is 302 g/mol. The summed E-state index contributed by atoms with van der Waals surface area (Å²) in [6.45, 7) is 1.43. The largest absolute Gasteiger partial charge is 0.377 e. The van der Waals surface area contributed by atoms with Gasteiger partial charge in [-0.3, -0.25) is 4.90 Å². The summed E-state index contributed by atoms with van der Waals surface area (Å²) in [5.74, 6) is -3.03. The molecule has 0 saturated carbocycles. The predicted octanol–water partition coefficient (Wildman–Crippen LogP) is 2.60. The molecule has 1 aliphatic rings. The van der Waals surface area contributed by atoms with Crippen LogP contribution in [0.3, 0.4) is 0 Å². The van der Waals surface area contributed by atoms with Crippen LogP contribution in [0, 0.1) is 17.5 Å². The van der Waals surface area contributed by atoms with Crippen LogP contribution in [0.2, 0.25) is 0 Å². The summed E-state index contributed by atoms with van der Waals surface area (Å²) in [4.78, 5) is 1.84. The van der Waals surface area contributed by atoms with Crippen LogP contribution in [0.1, 0.15) is 30.9 Å². The highest BCUT2D eigenvalue weighted by Crippen LogP contribution is 2.25. The number of halogens is 3. The number of ether oxygens (including phenoxy) is 1. The first-order valence-electron chi connectivity index (χ1n) is 7.19. The van der Waals surface area contributed by atoms with Crippen molar-refractivity contribution in [2.24, 2.45) is 5.73 Å². The standard InChI is InChI=1S/C15H21F3N2O/c1-20(9-10-4-2-3-5-21-10)15(8-19)11-6-13(17)14(18)7-12(11)16/h6-7,10,15H,2-5,8-9,19H2,1H3. The second-order valence-electron chi connectivity index (χ2n) is 5.47.